The van der Waals surface area contributed by atoms with Gasteiger partial charge in [-0.25, -0.2) is 4.79 Å². The van der Waals surface area contributed by atoms with Crippen LogP contribution in [0.3, 0.4) is 0 Å². The molecule has 0 aromatic heterocycles. The van der Waals surface area contributed by atoms with E-state index in [4.69, 9.17) is 29.8 Å². The van der Waals surface area contributed by atoms with E-state index in [1.54, 1.807) is 32.0 Å². The zero-order valence-corrected chi connectivity index (χ0v) is 21.1. The minimum absolute atomic E-state index is 0.0736. The van der Waals surface area contributed by atoms with Crippen LogP contribution < -0.4 is 19.9 Å². The molecule has 0 spiro atoms. The number of esters is 1. The lowest BCUT2D eigenvalue weighted by Gasteiger charge is -2.18. The summed E-state index contributed by atoms with van der Waals surface area (Å²) in [5, 5.41) is 9.04. The van der Waals surface area contributed by atoms with Gasteiger partial charge in [0.2, 0.25) is 0 Å². The molecule has 8 nitrogen and oxygen atoms in total. The molecule has 0 heterocycles. The number of benzene rings is 3. The Morgan fingerprint density at radius 2 is 1.43 bits per heavy atom. The SMILES string of the molecule is CC(C)OC(=O)C(N)c1cc(OCCCOc2ccc(Oc3ccccc3)cc2)ccc1CCC(=O)O. The highest BCUT2D eigenvalue weighted by Gasteiger charge is 2.22. The second kappa shape index (κ2) is 13.9. The fourth-order valence-electron chi connectivity index (χ4n) is 3.52. The molecule has 0 aliphatic rings. The van der Waals surface area contributed by atoms with E-state index in [0.717, 1.165) is 17.2 Å². The number of hydrogen-bond acceptors (Lipinski definition) is 7. The second-order valence-corrected chi connectivity index (χ2v) is 8.65. The molecule has 0 fully saturated rings. The van der Waals surface area contributed by atoms with Gasteiger partial charge in [-0.3, -0.25) is 4.79 Å². The van der Waals surface area contributed by atoms with Gasteiger partial charge in [-0.05, 0) is 79.9 Å². The Morgan fingerprint density at radius 3 is 2.08 bits per heavy atom. The standard InChI is InChI=1S/C29H33NO7/c1-20(2)36-29(33)28(30)26-19-25(11-9-21(26)10-16-27(31)32)35-18-6-17-34-22-12-14-24(15-13-22)37-23-7-4-3-5-8-23/h3-5,7-9,11-15,19-20,28H,6,10,16-18,30H2,1-2H3,(H,31,32). The van der Waals surface area contributed by atoms with Crippen LogP contribution in [0.2, 0.25) is 0 Å². The van der Waals surface area contributed by atoms with Gasteiger partial charge < -0.3 is 29.8 Å². The summed E-state index contributed by atoms with van der Waals surface area (Å²) in [5.41, 5.74) is 7.32. The molecule has 0 radical (unpaired) electrons. The topological polar surface area (TPSA) is 117 Å². The molecule has 0 saturated heterocycles. The largest absolute Gasteiger partial charge is 0.493 e. The number of hydrogen-bond donors (Lipinski definition) is 2. The molecule has 1 unspecified atom stereocenters. The number of para-hydroxylation sites is 1. The average molecular weight is 508 g/mol. The zero-order chi connectivity index (χ0) is 26.6. The van der Waals surface area contributed by atoms with Crippen molar-refractivity contribution in [2.24, 2.45) is 5.73 Å². The van der Waals surface area contributed by atoms with E-state index < -0.39 is 18.0 Å². The maximum Gasteiger partial charge on any atom is 0.327 e. The van der Waals surface area contributed by atoms with Gasteiger partial charge >= 0.3 is 11.9 Å². The minimum Gasteiger partial charge on any atom is -0.493 e. The Labute approximate surface area is 216 Å². The van der Waals surface area contributed by atoms with E-state index in [1.165, 1.54) is 0 Å². The van der Waals surface area contributed by atoms with Crippen LogP contribution in [0.5, 0.6) is 23.0 Å². The van der Waals surface area contributed by atoms with Gasteiger partial charge in [0.1, 0.15) is 29.0 Å². The number of carbonyl (C=O) groups excluding carboxylic acids is 1. The summed E-state index contributed by atoms with van der Waals surface area (Å²) in [6.07, 6.45) is 0.486. The normalized spacial score (nSPS) is 11.6. The zero-order valence-electron chi connectivity index (χ0n) is 21.1. The van der Waals surface area contributed by atoms with Crippen LogP contribution >= 0.6 is 0 Å². The van der Waals surface area contributed by atoms with Gasteiger partial charge in [-0.2, -0.15) is 0 Å². The van der Waals surface area contributed by atoms with Crippen molar-refractivity contribution in [2.45, 2.75) is 45.3 Å². The summed E-state index contributed by atoms with van der Waals surface area (Å²) in [5.74, 6) is 1.24. The number of rotatable bonds is 14. The molecule has 3 aromatic rings. The molecular weight excluding hydrogens is 474 g/mol. The van der Waals surface area contributed by atoms with Gasteiger partial charge in [0.25, 0.3) is 0 Å². The monoisotopic (exact) mass is 507 g/mol. The van der Waals surface area contributed by atoms with Crippen LogP contribution in [-0.4, -0.2) is 36.4 Å². The van der Waals surface area contributed by atoms with Crippen LogP contribution in [0.1, 0.15) is 43.9 Å². The average Bonchev–Trinajstić information content (AvgIpc) is 2.88. The number of carbonyl (C=O) groups is 2. The fraction of sp³-hybridized carbons (Fsp3) is 0.310. The summed E-state index contributed by atoms with van der Waals surface area (Å²) < 4.78 is 22.6. The first-order valence-corrected chi connectivity index (χ1v) is 12.2. The molecule has 3 rings (SSSR count). The molecule has 196 valence electrons. The lowest BCUT2D eigenvalue weighted by molar-refractivity contribution is -0.149. The minimum atomic E-state index is -1.04. The summed E-state index contributed by atoms with van der Waals surface area (Å²) in [6.45, 7) is 4.31. The molecule has 0 saturated carbocycles. The molecule has 1 atom stereocenters. The Morgan fingerprint density at radius 1 is 0.838 bits per heavy atom. The number of carboxylic acids is 1. The molecule has 0 amide bonds. The van der Waals surface area contributed by atoms with E-state index in [1.807, 2.05) is 54.6 Å². The van der Waals surface area contributed by atoms with Crippen molar-refractivity contribution >= 4 is 11.9 Å². The number of aliphatic carboxylic acids is 1. The second-order valence-electron chi connectivity index (χ2n) is 8.65. The quantitative estimate of drug-likeness (QED) is 0.223. The van der Waals surface area contributed by atoms with Gasteiger partial charge in [0.05, 0.1) is 19.3 Å². The predicted octanol–water partition coefficient (Wildman–Crippen LogP) is 5.30. The first-order chi connectivity index (χ1) is 17.8. The molecule has 0 aliphatic carbocycles. The van der Waals surface area contributed by atoms with Crippen molar-refractivity contribution in [1.82, 2.24) is 0 Å². The first kappa shape index (κ1) is 27.5. The van der Waals surface area contributed by atoms with Gasteiger partial charge in [0, 0.05) is 12.8 Å². The van der Waals surface area contributed by atoms with Gasteiger partial charge in [-0.1, -0.05) is 24.3 Å². The molecular formula is C29H33NO7. The number of carboxylic acid groups (broad SMARTS) is 1. The van der Waals surface area contributed by atoms with Crippen LogP contribution in [0, 0.1) is 0 Å². The first-order valence-electron chi connectivity index (χ1n) is 12.2. The Kier molecular flexibility index (Phi) is 10.3. The summed E-state index contributed by atoms with van der Waals surface area (Å²) in [6, 6.07) is 21.1. The summed E-state index contributed by atoms with van der Waals surface area (Å²) in [7, 11) is 0. The van der Waals surface area contributed by atoms with Crippen molar-refractivity contribution in [2.75, 3.05) is 13.2 Å². The van der Waals surface area contributed by atoms with Crippen LogP contribution in [0.15, 0.2) is 72.8 Å². The lowest BCUT2D eigenvalue weighted by atomic mass is 9.97. The van der Waals surface area contributed by atoms with E-state index in [0.29, 0.717) is 36.5 Å². The Bertz CT molecular complexity index is 1150. The van der Waals surface area contributed by atoms with Crippen molar-refractivity contribution < 1.29 is 33.6 Å². The highest BCUT2D eigenvalue weighted by atomic mass is 16.5. The summed E-state index contributed by atoms with van der Waals surface area (Å²) >= 11 is 0. The molecule has 0 aliphatic heterocycles. The van der Waals surface area contributed by atoms with Crippen molar-refractivity contribution in [1.29, 1.82) is 0 Å². The Hall–Kier alpha value is -4.04. The van der Waals surface area contributed by atoms with E-state index in [9.17, 15) is 9.59 Å². The third-order valence-corrected chi connectivity index (χ3v) is 5.30. The van der Waals surface area contributed by atoms with Crippen LogP contribution in [-0.2, 0) is 20.7 Å². The van der Waals surface area contributed by atoms with E-state index in [-0.39, 0.29) is 18.9 Å². The van der Waals surface area contributed by atoms with Crippen molar-refractivity contribution in [3.8, 4) is 23.0 Å². The molecule has 3 N–H and O–H groups in total. The van der Waals surface area contributed by atoms with Gasteiger partial charge in [0.15, 0.2) is 0 Å². The van der Waals surface area contributed by atoms with Crippen LogP contribution in [0.25, 0.3) is 0 Å². The molecule has 37 heavy (non-hydrogen) atoms. The third-order valence-electron chi connectivity index (χ3n) is 5.30. The van der Waals surface area contributed by atoms with E-state index >= 15 is 0 Å². The lowest BCUT2D eigenvalue weighted by Crippen LogP contribution is -2.27. The molecule has 0 bridgehead atoms. The van der Waals surface area contributed by atoms with E-state index in [2.05, 4.69) is 0 Å². The highest BCUT2D eigenvalue weighted by Crippen LogP contribution is 2.26. The number of ether oxygens (including phenoxy) is 4. The number of nitrogens with two attached hydrogens (primary N) is 1. The fourth-order valence-corrected chi connectivity index (χ4v) is 3.52. The maximum atomic E-state index is 12.4. The Balaban J connectivity index is 1.51. The molecule has 8 heteroatoms. The van der Waals surface area contributed by atoms with Gasteiger partial charge in [-0.15, -0.1) is 0 Å². The molecule has 3 aromatic carbocycles. The highest BCUT2D eigenvalue weighted by molar-refractivity contribution is 5.78. The summed E-state index contributed by atoms with van der Waals surface area (Å²) in [4.78, 5) is 23.4. The number of aryl methyl sites for hydroxylation is 1. The predicted molar refractivity (Wildman–Crippen MR) is 139 cm³/mol. The smallest absolute Gasteiger partial charge is 0.327 e. The maximum absolute atomic E-state index is 12.4. The van der Waals surface area contributed by atoms with Crippen molar-refractivity contribution in [3.63, 3.8) is 0 Å². The van der Waals surface area contributed by atoms with Crippen LogP contribution in [0.4, 0.5) is 0 Å². The van der Waals surface area contributed by atoms with Crippen molar-refractivity contribution in [3.05, 3.63) is 83.9 Å². The third kappa shape index (κ3) is 9.16.